The third kappa shape index (κ3) is 3.85. The van der Waals surface area contributed by atoms with E-state index in [1.807, 2.05) is 13.8 Å². The van der Waals surface area contributed by atoms with Gasteiger partial charge in [0.2, 0.25) is 5.91 Å². The molecule has 0 bridgehead atoms. The van der Waals surface area contributed by atoms with E-state index >= 15 is 0 Å². The molecule has 6 nitrogen and oxygen atoms in total. The molecule has 3 atom stereocenters. The molecule has 1 fully saturated rings. The van der Waals surface area contributed by atoms with Crippen LogP contribution in [0.4, 0.5) is 0 Å². The first-order chi connectivity index (χ1) is 10.0. The van der Waals surface area contributed by atoms with E-state index in [-0.39, 0.29) is 30.5 Å². The Morgan fingerprint density at radius 3 is 2.67 bits per heavy atom. The minimum absolute atomic E-state index is 0.0152. The number of amides is 1. The van der Waals surface area contributed by atoms with Gasteiger partial charge in [0.1, 0.15) is 5.76 Å². The molecule has 1 aromatic rings. The molecule has 1 aliphatic rings. The lowest BCUT2D eigenvalue weighted by molar-refractivity contribution is -0.143. The number of hydrogen-bond donors (Lipinski definition) is 1. The Labute approximate surface area is 124 Å². The second-order valence-corrected chi connectivity index (χ2v) is 5.57. The van der Waals surface area contributed by atoms with Crippen LogP contribution < -0.4 is 0 Å². The summed E-state index contributed by atoms with van der Waals surface area (Å²) >= 11 is 0. The van der Waals surface area contributed by atoms with Crippen LogP contribution in [0, 0.1) is 0 Å². The molecule has 0 saturated carbocycles. The van der Waals surface area contributed by atoms with Crippen LogP contribution in [0.15, 0.2) is 28.0 Å². The molecule has 1 N–H and O–H groups in total. The molecule has 2 rings (SSSR count). The van der Waals surface area contributed by atoms with Crippen molar-refractivity contribution in [2.75, 3.05) is 13.1 Å². The molecule has 0 spiro atoms. The fraction of sp³-hybridized carbons (Fsp3) is 0.600. The number of carbonyl (C=O) groups excluding carboxylic acids is 1. The molecule has 1 aromatic heterocycles. The van der Waals surface area contributed by atoms with Crippen molar-refractivity contribution in [3.05, 3.63) is 24.2 Å². The third-order valence-electron chi connectivity index (χ3n) is 3.70. The first-order valence-corrected chi connectivity index (χ1v) is 7.16. The third-order valence-corrected chi connectivity index (χ3v) is 3.70. The highest BCUT2D eigenvalue weighted by Gasteiger charge is 2.29. The van der Waals surface area contributed by atoms with Crippen LogP contribution in [0.1, 0.15) is 38.9 Å². The van der Waals surface area contributed by atoms with E-state index in [0.717, 1.165) is 0 Å². The minimum atomic E-state index is -0.342. The monoisotopic (exact) mass is 294 g/mol. The average molecular weight is 294 g/mol. The summed E-state index contributed by atoms with van der Waals surface area (Å²) in [5.41, 5.74) is 0.465. The van der Waals surface area contributed by atoms with E-state index in [0.29, 0.717) is 24.6 Å². The first kappa shape index (κ1) is 15.6. The van der Waals surface area contributed by atoms with Gasteiger partial charge >= 0.3 is 0 Å². The van der Waals surface area contributed by atoms with Gasteiger partial charge in [0, 0.05) is 19.5 Å². The number of oxime groups is 1. The molecular formula is C15H22N2O4. The standard InChI is InChI=1S/C15H22N2O4/c1-10-8-17(9-11(2)21-10)15(18)7-13(12(3)16-19)14-5-4-6-20-14/h4-6,10-11,13,19H,7-9H2,1-3H3/b16-12+/t10-,11-,13?/m1/s1. The zero-order valence-electron chi connectivity index (χ0n) is 12.7. The highest BCUT2D eigenvalue weighted by molar-refractivity contribution is 5.92. The van der Waals surface area contributed by atoms with Crippen molar-refractivity contribution >= 4 is 11.6 Å². The highest BCUT2D eigenvalue weighted by Crippen LogP contribution is 2.24. The molecule has 0 aromatic carbocycles. The largest absolute Gasteiger partial charge is 0.469 e. The van der Waals surface area contributed by atoms with E-state index in [2.05, 4.69) is 5.16 Å². The second-order valence-electron chi connectivity index (χ2n) is 5.57. The summed E-state index contributed by atoms with van der Waals surface area (Å²) in [7, 11) is 0. The molecule has 6 heteroatoms. The van der Waals surface area contributed by atoms with Crippen LogP contribution in [0.5, 0.6) is 0 Å². The van der Waals surface area contributed by atoms with Crippen molar-refractivity contribution in [3.63, 3.8) is 0 Å². The van der Waals surface area contributed by atoms with Crippen LogP contribution in [0.25, 0.3) is 0 Å². The normalized spacial score (nSPS) is 24.9. The summed E-state index contributed by atoms with van der Waals surface area (Å²) in [5, 5.41) is 12.2. The average Bonchev–Trinajstić information content (AvgIpc) is 2.96. The van der Waals surface area contributed by atoms with Crippen molar-refractivity contribution in [1.29, 1.82) is 0 Å². The maximum absolute atomic E-state index is 12.5. The fourth-order valence-corrected chi connectivity index (χ4v) is 2.70. The number of rotatable bonds is 4. The maximum atomic E-state index is 12.5. The Hall–Kier alpha value is -1.82. The first-order valence-electron chi connectivity index (χ1n) is 7.16. The van der Waals surface area contributed by atoms with Gasteiger partial charge in [-0.25, -0.2) is 0 Å². The fourth-order valence-electron chi connectivity index (χ4n) is 2.70. The highest BCUT2D eigenvalue weighted by atomic mass is 16.5. The molecule has 0 aliphatic carbocycles. The Morgan fingerprint density at radius 1 is 1.48 bits per heavy atom. The van der Waals surface area contributed by atoms with Gasteiger partial charge in [-0.1, -0.05) is 5.16 Å². The van der Waals surface area contributed by atoms with Gasteiger partial charge in [0.25, 0.3) is 0 Å². The topological polar surface area (TPSA) is 75.3 Å². The summed E-state index contributed by atoms with van der Waals surface area (Å²) < 4.78 is 11.0. The van der Waals surface area contributed by atoms with Crippen molar-refractivity contribution < 1.29 is 19.2 Å². The van der Waals surface area contributed by atoms with E-state index in [4.69, 9.17) is 14.4 Å². The number of nitrogens with zero attached hydrogens (tertiary/aromatic N) is 2. The molecule has 1 aliphatic heterocycles. The van der Waals surface area contributed by atoms with Crippen LogP contribution in [-0.2, 0) is 9.53 Å². The van der Waals surface area contributed by atoms with E-state index in [9.17, 15) is 4.79 Å². The number of carbonyl (C=O) groups is 1. The summed E-state index contributed by atoms with van der Waals surface area (Å²) in [6, 6.07) is 3.55. The predicted molar refractivity (Wildman–Crippen MR) is 77.6 cm³/mol. The SMILES string of the molecule is C/C(=N\O)C(CC(=O)N1C[C@@H](C)O[C@H](C)C1)c1ccco1. The van der Waals surface area contributed by atoms with Crippen LogP contribution >= 0.6 is 0 Å². The lowest BCUT2D eigenvalue weighted by atomic mass is 9.96. The van der Waals surface area contributed by atoms with Gasteiger partial charge < -0.3 is 19.3 Å². The molecular weight excluding hydrogens is 272 g/mol. The van der Waals surface area contributed by atoms with Crippen LogP contribution in [0.3, 0.4) is 0 Å². The molecule has 1 saturated heterocycles. The van der Waals surface area contributed by atoms with Gasteiger partial charge in [0.15, 0.2) is 0 Å². The smallest absolute Gasteiger partial charge is 0.223 e. The zero-order valence-corrected chi connectivity index (χ0v) is 12.7. The van der Waals surface area contributed by atoms with E-state index in [1.54, 1.807) is 30.2 Å². The molecule has 21 heavy (non-hydrogen) atoms. The summed E-state index contributed by atoms with van der Waals surface area (Å²) in [6.45, 7) is 6.78. The second kappa shape index (κ2) is 6.76. The lowest BCUT2D eigenvalue weighted by Crippen LogP contribution is -2.48. The molecule has 1 unspecified atom stereocenters. The van der Waals surface area contributed by atoms with Crippen LogP contribution in [-0.4, -0.2) is 47.0 Å². The van der Waals surface area contributed by atoms with Crippen molar-refractivity contribution in [1.82, 2.24) is 4.90 Å². The van der Waals surface area contributed by atoms with Crippen molar-refractivity contribution in [2.45, 2.75) is 45.3 Å². The minimum Gasteiger partial charge on any atom is -0.469 e. The summed E-state index contributed by atoms with van der Waals surface area (Å²) in [6.07, 6.45) is 1.85. The summed E-state index contributed by atoms with van der Waals surface area (Å²) in [5.74, 6) is 0.306. The molecule has 1 amide bonds. The van der Waals surface area contributed by atoms with E-state index < -0.39 is 0 Å². The Bertz CT molecular complexity index is 488. The number of morpholine rings is 1. The maximum Gasteiger partial charge on any atom is 0.223 e. The Balaban J connectivity index is 2.08. The van der Waals surface area contributed by atoms with Gasteiger partial charge in [0.05, 0.1) is 30.1 Å². The molecule has 2 heterocycles. The quantitative estimate of drug-likeness (QED) is 0.525. The lowest BCUT2D eigenvalue weighted by Gasteiger charge is -2.35. The molecule has 116 valence electrons. The Kier molecular flexibility index (Phi) is 5.01. The number of ether oxygens (including phenoxy) is 1. The van der Waals surface area contributed by atoms with Crippen molar-refractivity contribution in [3.8, 4) is 0 Å². The van der Waals surface area contributed by atoms with Gasteiger partial charge in [-0.3, -0.25) is 4.79 Å². The number of furan rings is 1. The van der Waals surface area contributed by atoms with Crippen LogP contribution in [0.2, 0.25) is 0 Å². The van der Waals surface area contributed by atoms with Gasteiger partial charge in [-0.15, -0.1) is 0 Å². The number of hydrogen-bond acceptors (Lipinski definition) is 5. The predicted octanol–water partition coefficient (Wildman–Crippen LogP) is 2.24. The van der Waals surface area contributed by atoms with E-state index in [1.165, 1.54) is 0 Å². The zero-order chi connectivity index (χ0) is 15.4. The van der Waals surface area contributed by atoms with Crippen molar-refractivity contribution in [2.24, 2.45) is 5.16 Å². The molecule has 0 radical (unpaired) electrons. The summed E-state index contributed by atoms with van der Waals surface area (Å²) in [4.78, 5) is 14.3. The Morgan fingerprint density at radius 2 is 2.14 bits per heavy atom. The van der Waals surface area contributed by atoms with Gasteiger partial charge in [-0.2, -0.15) is 0 Å². The van der Waals surface area contributed by atoms with Gasteiger partial charge in [-0.05, 0) is 32.9 Å².